The Morgan fingerprint density at radius 1 is 0.889 bits per heavy atom. The summed E-state index contributed by atoms with van der Waals surface area (Å²) >= 11 is 0. The first kappa shape index (κ1) is 16.1. The van der Waals surface area contributed by atoms with E-state index in [1.165, 1.54) is 0 Å². The van der Waals surface area contributed by atoms with Gasteiger partial charge in [0.25, 0.3) is 0 Å². The summed E-state index contributed by atoms with van der Waals surface area (Å²) in [6.45, 7) is 0. The van der Waals surface area contributed by atoms with Gasteiger partial charge in [-0.2, -0.15) is 36.4 Å². The van der Waals surface area contributed by atoms with E-state index in [9.17, 15) is 0 Å². The summed E-state index contributed by atoms with van der Waals surface area (Å²) in [4.78, 5) is 0. The number of hydrogen-bond donors (Lipinski definition) is 0. The number of rotatable bonds is 0. The predicted molar refractivity (Wildman–Crippen MR) is 37.0 cm³/mol. The standard InChI is InChI=1S/C6H5.CH3.H2N.Y/c1-2-4-6-5-3-1;;;/h1-5H;1H3;1H2;/q3*-1;+3. The minimum absolute atomic E-state index is 0. The summed E-state index contributed by atoms with van der Waals surface area (Å²) < 4.78 is 0. The summed E-state index contributed by atoms with van der Waals surface area (Å²) in [5, 5.41) is 0. The van der Waals surface area contributed by atoms with Crippen LogP contribution in [0.4, 0.5) is 0 Å². The van der Waals surface area contributed by atoms with Gasteiger partial charge >= 0.3 is 32.7 Å². The Balaban J connectivity index is -0.000000120. The molecule has 0 aliphatic rings. The third-order valence-electron chi connectivity index (χ3n) is 0.607. The van der Waals surface area contributed by atoms with E-state index in [1.54, 1.807) is 0 Å². The molecule has 0 bridgehead atoms. The molecule has 0 fully saturated rings. The van der Waals surface area contributed by atoms with Crippen molar-refractivity contribution in [2.75, 3.05) is 0 Å². The molecule has 0 saturated heterocycles. The average Bonchev–Trinajstić information content (AvgIpc) is 1.72. The van der Waals surface area contributed by atoms with Gasteiger partial charge in [0.15, 0.2) is 0 Å². The monoisotopic (exact) mass is 197 g/mol. The van der Waals surface area contributed by atoms with Crippen LogP contribution in [0.25, 0.3) is 6.15 Å². The minimum atomic E-state index is 0. The average molecular weight is 197 g/mol. The van der Waals surface area contributed by atoms with Gasteiger partial charge in [-0.15, -0.1) is 0 Å². The second-order valence-electron chi connectivity index (χ2n) is 1.08. The van der Waals surface area contributed by atoms with E-state index < -0.39 is 0 Å². The molecule has 1 rings (SSSR count). The molecule has 1 aromatic carbocycles. The summed E-state index contributed by atoms with van der Waals surface area (Å²) in [5.41, 5.74) is 0. The summed E-state index contributed by atoms with van der Waals surface area (Å²) in [6, 6.07) is 12.5. The second kappa shape index (κ2) is 11.1. The van der Waals surface area contributed by atoms with Crippen molar-refractivity contribution >= 4 is 0 Å². The number of hydrogen-bond acceptors (Lipinski definition) is 0. The molecule has 1 aromatic rings. The van der Waals surface area contributed by atoms with Crippen molar-refractivity contribution < 1.29 is 32.7 Å². The fraction of sp³-hybridized carbons (Fsp3) is 0. The van der Waals surface area contributed by atoms with E-state index in [0.717, 1.165) is 0 Å². The van der Waals surface area contributed by atoms with Crippen molar-refractivity contribution in [3.8, 4) is 0 Å². The van der Waals surface area contributed by atoms with Crippen molar-refractivity contribution in [1.82, 2.24) is 0 Å². The van der Waals surface area contributed by atoms with E-state index >= 15 is 0 Å². The molecule has 0 aliphatic carbocycles. The molecule has 9 heavy (non-hydrogen) atoms. The van der Waals surface area contributed by atoms with Gasteiger partial charge in [-0.3, -0.25) is 0 Å². The molecule has 0 aromatic heterocycles. The molecule has 46 valence electrons. The van der Waals surface area contributed by atoms with Gasteiger partial charge in [-0.25, -0.2) is 0 Å². The maximum Gasteiger partial charge on any atom is 3.00 e. The van der Waals surface area contributed by atoms with Crippen molar-refractivity contribution in [2.45, 2.75) is 0 Å². The zero-order chi connectivity index (χ0) is 4.24. The first-order valence-corrected chi connectivity index (χ1v) is 1.91. The molecule has 0 saturated carbocycles. The van der Waals surface area contributed by atoms with Crippen LogP contribution in [0.15, 0.2) is 30.3 Å². The molecule has 0 aliphatic heterocycles. The molecule has 0 radical (unpaired) electrons. The van der Waals surface area contributed by atoms with E-state index in [-0.39, 0.29) is 46.3 Å². The first-order chi connectivity index (χ1) is 3.00. The van der Waals surface area contributed by atoms with Gasteiger partial charge < -0.3 is 13.6 Å². The number of nitrogens with two attached hydrogens (primary N) is 1. The topological polar surface area (TPSA) is 33.5 Å². The zero-order valence-corrected chi connectivity index (χ0v) is 8.38. The normalized spacial score (nSPS) is 5.33. The van der Waals surface area contributed by atoms with Gasteiger partial charge in [0.1, 0.15) is 0 Å². The molecule has 0 spiro atoms. The van der Waals surface area contributed by atoms with Crippen LogP contribution in [-0.4, -0.2) is 0 Å². The van der Waals surface area contributed by atoms with Crippen molar-refractivity contribution in [1.29, 1.82) is 0 Å². The fourth-order valence-electron chi connectivity index (χ4n) is 0.342. The molecule has 2 heteroatoms. The smallest absolute Gasteiger partial charge is 0.693 e. The van der Waals surface area contributed by atoms with Crippen LogP contribution in [0.5, 0.6) is 0 Å². The maximum atomic E-state index is 2.89. The van der Waals surface area contributed by atoms with Gasteiger partial charge in [0.2, 0.25) is 0 Å². The maximum absolute atomic E-state index is 2.89. The molecule has 0 amide bonds. The fourth-order valence-corrected chi connectivity index (χ4v) is 0.342. The molecule has 0 atom stereocenters. The second-order valence-corrected chi connectivity index (χ2v) is 1.08. The van der Waals surface area contributed by atoms with Crippen LogP contribution >= 0.6 is 0 Å². The molecule has 2 N–H and O–H groups in total. The Bertz CT molecular complexity index is 80.8. The van der Waals surface area contributed by atoms with Crippen LogP contribution in [0.2, 0.25) is 0 Å². The van der Waals surface area contributed by atoms with E-state index in [1.807, 2.05) is 30.3 Å². The van der Waals surface area contributed by atoms with Gasteiger partial charge in [-0.05, 0) is 0 Å². The van der Waals surface area contributed by atoms with Crippen molar-refractivity contribution in [3.05, 3.63) is 50.0 Å². The van der Waals surface area contributed by atoms with E-state index in [2.05, 4.69) is 6.07 Å². The van der Waals surface area contributed by atoms with Gasteiger partial charge in [0, 0.05) is 0 Å². The minimum Gasteiger partial charge on any atom is -0.693 e. The largest absolute Gasteiger partial charge is 3.00 e. The molecule has 0 heterocycles. The Morgan fingerprint density at radius 2 is 1.33 bits per heavy atom. The Hall–Kier alpha value is 0.284. The van der Waals surface area contributed by atoms with E-state index in [4.69, 9.17) is 0 Å². The molecular weight excluding hydrogens is 187 g/mol. The Kier molecular flexibility index (Phi) is 20.0. The van der Waals surface area contributed by atoms with E-state index in [0.29, 0.717) is 0 Å². The van der Waals surface area contributed by atoms with Crippen LogP contribution in [0.1, 0.15) is 0 Å². The summed E-state index contributed by atoms with van der Waals surface area (Å²) in [6.07, 6.45) is 0. The van der Waals surface area contributed by atoms with Crippen LogP contribution in [-0.2, 0) is 32.7 Å². The Labute approximate surface area is 82.3 Å². The molecule has 1 nitrogen and oxygen atoms in total. The Morgan fingerprint density at radius 3 is 1.44 bits per heavy atom. The summed E-state index contributed by atoms with van der Waals surface area (Å²) in [7, 11) is 0. The van der Waals surface area contributed by atoms with Crippen LogP contribution in [0.3, 0.4) is 0 Å². The SMILES string of the molecule is [CH3-].[NH2-].[Y+3].[c-]1ccccc1. The van der Waals surface area contributed by atoms with Crippen LogP contribution in [0, 0.1) is 13.5 Å². The van der Waals surface area contributed by atoms with Crippen molar-refractivity contribution in [2.24, 2.45) is 0 Å². The third kappa shape index (κ3) is 8.28. The third-order valence-corrected chi connectivity index (χ3v) is 0.607. The van der Waals surface area contributed by atoms with Crippen molar-refractivity contribution in [3.63, 3.8) is 0 Å². The summed E-state index contributed by atoms with van der Waals surface area (Å²) in [5.74, 6) is 0. The molecular formula is C7H10NY. The number of benzene rings is 1. The molecule has 0 unspecified atom stereocenters. The zero-order valence-electron chi connectivity index (χ0n) is 5.54. The van der Waals surface area contributed by atoms with Gasteiger partial charge in [0.05, 0.1) is 0 Å². The first-order valence-electron chi connectivity index (χ1n) is 1.91. The quantitative estimate of drug-likeness (QED) is 0.573. The van der Waals surface area contributed by atoms with Crippen LogP contribution < -0.4 is 0 Å². The predicted octanol–water partition coefficient (Wildman–Crippen LogP) is 2.65. The van der Waals surface area contributed by atoms with Gasteiger partial charge in [-0.1, -0.05) is 0 Å².